The van der Waals surface area contributed by atoms with Crippen molar-refractivity contribution in [2.24, 2.45) is 0 Å². The van der Waals surface area contributed by atoms with Gasteiger partial charge in [-0.3, -0.25) is 0 Å². The van der Waals surface area contributed by atoms with Gasteiger partial charge in [-0.25, -0.2) is 0 Å². The highest BCUT2D eigenvalue weighted by atomic mass is 16.3. The van der Waals surface area contributed by atoms with Crippen LogP contribution in [0, 0.1) is 0 Å². The Labute approximate surface area is 233 Å². The Bertz CT molecular complexity index is 440. The van der Waals surface area contributed by atoms with Crippen LogP contribution in [0.2, 0.25) is 0 Å². The molecular formula is C34H69NO2. The van der Waals surface area contributed by atoms with Gasteiger partial charge in [-0.05, 0) is 45.1 Å². The Morgan fingerprint density at radius 1 is 0.514 bits per heavy atom. The Hall–Kier alpha value is -0.380. The smallest absolute Gasteiger partial charge is 0.0715 e. The van der Waals surface area contributed by atoms with Gasteiger partial charge in [-0.15, -0.1) is 0 Å². The lowest BCUT2D eigenvalue weighted by Gasteiger charge is -2.22. The summed E-state index contributed by atoms with van der Waals surface area (Å²) in [6.45, 7) is 5.49. The molecule has 0 aromatic carbocycles. The zero-order chi connectivity index (χ0) is 27.1. The van der Waals surface area contributed by atoms with Crippen molar-refractivity contribution in [1.82, 2.24) is 5.32 Å². The first-order valence-electron chi connectivity index (χ1n) is 16.9. The number of aliphatic hydroxyl groups excluding tert-OH is 2. The molecule has 222 valence electrons. The SMILES string of the molecule is CCCCCCC=CCCCCCCCCN[C@@H](CO)[C@H](O)CCCCCCCCCCCCCCC. The van der Waals surface area contributed by atoms with Crippen LogP contribution in [0.1, 0.15) is 181 Å². The minimum Gasteiger partial charge on any atom is -0.395 e. The van der Waals surface area contributed by atoms with Gasteiger partial charge in [-0.1, -0.05) is 154 Å². The maximum atomic E-state index is 10.5. The van der Waals surface area contributed by atoms with E-state index < -0.39 is 6.10 Å². The Morgan fingerprint density at radius 2 is 0.892 bits per heavy atom. The van der Waals surface area contributed by atoms with E-state index in [0.717, 1.165) is 25.8 Å². The van der Waals surface area contributed by atoms with Gasteiger partial charge in [0.1, 0.15) is 0 Å². The largest absolute Gasteiger partial charge is 0.395 e. The zero-order valence-corrected chi connectivity index (χ0v) is 25.5. The standard InChI is InChI=1S/C34H69NO2/c1-3-5-7-9-11-13-15-17-19-21-23-25-27-29-31-35-33(32-36)34(37)30-28-26-24-22-20-18-16-14-12-10-8-6-4-2/h13,15,33-37H,3-12,14,16-32H2,1-2H3/t33-,34+/m0/s1. The van der Waals surface area contributed by atoms with Crippen molar-refractivity contribution in [3.8, 4) is 0 Å². The molecular weight excluding hydrogens is 454 g/mol. The molecule has 0 aliphatic carbocycles. The van der Waals surface area contributed by atoms with Crippen LogP contribution in [0.15, 0.2) is 12.2 Å². The second kappa shape index (κ2) is 31.8. The maximum Gasteiger partial charge on any atom is 0.0715 e. The maximum absolute atomic E-state index is 10.5. The fourth-order valence-electron chi connectivity index (χ4n) is 5.20. The average Bonchev–Trinajstić information content (AvgIpc) is 2.91. The molecule has 0 saturated heterocycles. The summed E-state index contributed by atoms with van der Waals surface area (Å²) in [5, 5.41) is 23.6. The highest BCUT2D eigenvalue weighted by Crippen LogP contribution is 2.14. The first kappa shape index (κ1) is 36.6. The quantitative estimate of drug-likeness (QED) is 0.0625. The number of hydrogen-bond acceptors (Lipinski definition) is 3. The molecule has 2 atom stereocenters. The third kappa shape index (κ3) is 28.4. The van der Waals surface area contributed by atoms with Crippen molar-refractivity contribution in [1.29, 1.82) is 0 Å². The van der Waals surface area contributed by atoms with Crippen molar-refractivity contribution in [2.75, 3.05) is 13.2 Å². The number of hydrogen-bond donors (Lipinski definition) is 3. The van der Waals surface area contributed by atoms with Crippen molar-refractivity contribution in [3.63, 3.8) is 0 Å². The monoisotopic (exact) mass is 524 g/mol. The number of rotatable bonds is 31. The van der Waals surface area contributed by atoms with Crippen LogP contribution in [0.4, 0.5) is 0 Å². The first-order chi connectivity index (χ1) is 18.3. The fourth-order valence-corrected chi connectivity index (χ4v) is 5.20. The first-order valence-corrected chi connectivity index (χ1v) is 16.9. The van der Waals surface area contributed by atoms with Crippen molar-refractivity contribution in [2.45, 2.75) is 193 Å². The van der Waals surface area contributed by atoms with Crippen molar-refractivity contribution < 1.29 is 10.2 Å². The average molecular weight is 524 g/mol. The van der Waals surface area contributed by atoms with E-state index in [4.69, 9.17) is 0 Å². The Kier molecular flexibility index (Phi) is 31.5. The van der Waals surface area contributed by atoms with E-state index in [9.17, 15) is 10.2 Å². The fraction of sp³-hybridized carbons (Fsp3) is 0.941. The molecule has 3 heteroatoms. The number of aliphatic hydroxyl groups is 2. The van der Waals surface area contributed by atoms with Crippen LogP contribution in [0.3, 0.4) is 0 Å². The van der Waals surface area contributed by atoms with Crippen LogP contribution in [0.25, 0.3) is 0 Å². The molecule has 0 fully saturated rings. The molecule has 0 aliphatic heterocycles. The van der Waals surface area contributed by atoms with Gasteiger partial charge in [0, 0.05) is 0 Å². The van der Waals surface area contributed by atoms with E-state index in [0.29, 0.717) is 0 Å². The van der Waals surface area contributed by atoms with Gasteiger partial charge in [-0.2, -0.15) is 0 Å². The molecule has 0 radical (unpaired) electrons. The second-order valence-electron chi connectivity index (χ2n) is 11.6. The molecule has 0 bridgehead atoms. The third-order valence-corrected chi connectivity index (χ3v) is 7.86. The molecule has 0 spiro atoms. The molecule has 3 nitrogen and oxygen atoms in total. The minimum absolute atomic E-state index is 0.0335. The lowest BCUT2D eigenvalue weighted by atomic mass is 10.0. The Morgan fingerprint density at radius 3 is 1.35 bits per heavy atom. The molecule has 0 aliphatic rings. The summed E-state index contributed by atoms with van der Waals surface area (Å²) in [6, 6.07) is -0.161. The van der Waals surface area contributed by atoms with Gasteiger partial charge in [0.2, 0.25) is 0 Å². The van der Waals surface area contributed by atoms with Crippen molar-refractivity contribution >= 4 is 0 Å². The number of unbranched alkanes of at least 4 members (excludes halogenated alkanes) is 22. The summed E-state index contributed by atoms with van der Waals surface area (Å²) in [5.41, 5.74) is 0. The van der Waals surface area contributed by atoms with E-state index in [2.05, 4.69) is 31.3 Å². The van der Waals surface area contributed by atoms with Crippen LogP contribution in [0.5, 0.6) is 0 Å². The van der Waals surface area contributed by atoms with Crippen LogP contribution in [-0.2, 0) is 0 Å². The predicted molar refractivity (Wildman–Crippen MR) is 165 cm³/mol. The molecule has 37 heavy (non-hydrogen) atoms. The molecule has 3 N–H and O–H groups in total. The highest BCUT2D eigenvalue weighted by molar-refractivity contribution is 4.81. The molecule has 0 rings (SSSR count). The van der Waals surface area contributed by atoms with Gasteiger partial charge >= 0.3 is 0 Å². The van der Waals surface area contributed by atoms with Gasteiger partial charge in [0.25, 0.3) is 0 Å². The third-order valence-electron chi connectivity index (χ3n) is 7.86. The van der Waals surface area contributed by atoms with E-state index >= 15 is 0 Å². The van der Waals surface area contributed by atoms with Crippen molar-refractivity contribution in [3.05, 3.63) is 12.2 Å². The lowest BCUT2D eigenvalue weighted by Crippen LogP contribution is -2.43. The summed E-state index contributed by atoms with van der Waals surface area (Å²) in [4.78, 5) is 0. The summed E-state index contributed by atoms with van der Waals surface area (Å²) >= 11 is 0. The topological polar surface area (TPSA) is 52.5 Å². The molecule has 0 heterocycles. The normalized spacial score (nSPS) is 13.5. The summed E-state index contributed by atoms with van der Waals surface area (Å²) in [7, 11) is 0. The van der Waals surface area contributed by atoms with Gasteiger partial charge in [0.15, 0.2) is 0 Å². The highest BCUT2D eigenvalue weighted by Gasteiger charge is 2.16. The van der Waals surface area contributed by atoms with Crippen LogP contribution >= 0.6 is 0 Å². The predicted octanol–water partition coefficient (Wildman–Crippen LogP) is 10.0. The van der Waals surface area contributed by atoms with Gasteiger partial charge < -0.3 is 15.5 Å². The molecule has 0 unspecified atom stereocenters. The molecule has 0 saturated carbocycles. The van der Waals surface area contributed by atoms with Gasteiger partial charge in [0.05, 0.1) is 18.8 Å². The molecule has 0 aromatic rings. The second-order valence-corrected chi connectivity index (χ2v) is 11.6. The van der Waals surface area contributed by atoms with E-state index in [1.807, 2.05) is 0 Å². The van der Waals surface area contributed by atoms with E-state index in [1.54, 1.807) is 0 Å². The Balaban J connectivity index is 3.44. The summed E-state index contributed by atoms with van der Waals surface area (Å²) in [5.74, 6) is 0. The minimum atomic E-state index is -0.419. The molecule has 0 amide bonds. The number of allylic oxidation sites excluding steroid dienone is 2. The summed E-state index contributed by atoms with van der Waals surface area (Å²) in [6.07, 6.45) is 38.3. The van der Waals surface area contributed by atoms with E-state index in [1.165, 1.54) is 148 Å². The lowest BCUT2D eigenvalue weighted by molar-refractivity contribution is 0.0810. The zero-order valence-electron chi connectivity index (χ0n) is 25.5. The number of nitrogens with one attached hydrogen (secondary N) is 1. The van der Waals surface area contributed by atoms with Crippen LogP contribution < -0.4 is 5.32 Å². The molecule has 0 aromatic heterocycles. The summed E-state index contributed by atoms with van der Waals surface area (Å²) < 4.78 is 0. The van der Waals surface area contributed by atoms with Crippen LogP contribution in [-0.4, -0.2) is 35.5 Å². The van der Waals surface area contributed by atoms with E-state index in [-0.39, 0.29) is 12.6 Å².